The second-order valence-corrected chi connectivity index (χ2v) is 6.60. The van der Waals surface area contributed by atoms with E-state index >= 15 is 0 Å². The molecule has 0 radical (unpaired) electrons. The van der Waals surface area contributed by atoms with Gasteiger partial charge in [0.05, 0.1) is 5.56 Å². The van der Waals surface area contributed by atoms with Gasteiger partial charge in [-0.2, -0.15) is 0 Å². The minimum absolute atomic E-state index is 0.332. The highest BCUT2D eigenvalue weighted by molar-refractivity contribution is 9.10. The van der Waals surface area contributed by atoms with E-state index in [0.29, 0.717) is 11.5 Å². The Hall–Kier alpha value is -1.07. The van der Waals surface area contributed by atoms with Crippen molar-refractivity contribution >= 4 is 27.6 Å². The molecule has 1 aromatic rings. The maximum atomic E-state index is 11.1. The summed E-state index contributed by atoms with van der Waals surface area (Å²) in [7, 11) is 0. The Morgan fingerprint density at radius 3 is 2.45 bits per heavy atom. The van der Waals surface area contributed by atoms with Crippen LogP contribution in [0.2, 0.25) is 0 Å². The predicted molar refractivity (Wildman–Crippen MR) is 84.6 cm³/mol. The van der Waals surface area contributed by atoms with Crippen molar-refractivity contribution in [1.82, 2.24) is 4.90 Å². The summed E-state index contributed by atoms with van der Waals surface area (Å²) in [5.41, 5.74) is 1.32. The number of halogens is 1. The Labute approximate surface area is 128 Å². The van der Waals surface area contributed by atoms with Crippen LogP contribution in [0, 0.1) is 5.92 Å². The van der Waals surface area contributed by atoms with E-state index in [2.05, 4.69) is 39.6 Å². The molecule has 0 unspecified atom stereocenters. The van der Waals surface area contributed by atoms with E-state index < -0.39 is 5.97 Å². The SMILES string of the molecule is CC(C)CN1CCN(c2cc(Br)cc(C(=O)O)c2)CC1. The van der Waals surface area contributed by atoms with Gasteiger partial charge in [0, 0.05) is 42.9 Å². The fourth-order valence-corrected chi connectivity index (χ4v) is 3.07. The molecule has 4 nitrogen and oxygen atoms in total. The summed E-state index contributed by atoms with van der Waals surface area (Å²) < 4.78 is 0.817. The van der Waals surface area contributed by atoms with Crippen LogP contribution in [0.15, 0.2) is 22.7 Å². The van der Waals surface area contributed by atoms with Crippen molar-refractivity contribution in [2.75, 3.05) is 37.6 Å². The maximum Gasteiger partial charge on any atom is 0.335 e. The van der Waals surface area contributed by atoms with Crippen LogP contribution in [-0.4, -0.2) is 48.7 Å². The number of aromatic carboxylic acids is 1. The summed E-state index contributed by atoms with van der Waals surface area (Å²) in [6, 6.07) is 5.39. The fourth-order valence-electron chi connectivity index (χ4n) is 2.59. The Kier molecular flexibility index (Phi) is 5.05. The zero-order chi connectivity index (χ0) is 14.7. The maximum absolute atomic E-state index is 11.1. The fraction of sp³-hybridized carbons (Fsp3) is 0.533. The van der Waals surface area contributed by atoms with Gasteiger partial charge in [0.2, 0.25) is 0 Å². The van der Waals surface area contributed by atoms with Crippen molar-refractivity contribution in [3.8, 4) is 0 Å². The molecule has 1 aromatic carbocycles. The number of hydrogen-bond donors (Lipinski definition) is 1. The zero-order valence-corrected chi connectivity index (χ0v) is 13.6. The Morgan fingerprint density at radius 2 is 1.90 bits per heavy atom. The number of anilines is 1. The van der Waals surface area contributed by atoms with Gasteiger partial charge < -0.3 is 10.0 Å². The van der Waals surface area contributed by atoms with E-state index in [1.54, 1.807) is 12.1 Å². The number of carboxylic acid groups (broad SMARTS) is 1. The molecule has 0 aromatic heterocycles. The number of carbonyl (C=O) groups is 1. The van der Waals surface area contributed by atoms with Crippen LogP contribution >= 0.6 is 15.9 Å². The lowest BCUT2D eigenvalue weighted by Gasteiger charge is -2.37. The second-order valence-electron chi connectivity index (χ2n) is 5.68. The van der Waals surface area contributed by atoms with Crippen LogP contribution < -0.4 is 4.90 Å². The van der Waals surface area contributed by atoms with Crippen molar-refractivity contribution in [3.63, 3.8) is 0 Å². The first-order valence-electron chi connectivity index (χ1n) is 6.97. The number of rotatable bonds is 4. The molecule has 110 valence electrons. The highest BCUT2D eigenvalue weighted by Gasteiger charge is 2.19. The van der Waals surface area contributed by atoms with Crippen LogP contribution in [0.5, 0.6) is 0 Å². The van der Waals surface area contributed by atoms with Gasteiger partial charge >= 0.3 is 5.97 Å². The van der Waals surface area contributed by atoms with Gasteiger partial charge in [-0.05, 0) is 24.1 Å². The molecule has 20 heavy (non-hydrogen) atoms. The van der Waals surface area contributed by atoms with Crippen molar-refractivity contribution in [2.45, 2.75) is 13.8 Å². The summed E-state index contributed by atoms with van der Waals surface area (Å²) in [6.07, 6.45) is 0. The Bertz CT molecular complexity index is 483. The van der Waals surface area contributed by atoms with Crippen molar-refractivity contribution in [1.29, 1.82) is 0 Å². The first-order valence-corrected chi connectivity index (χ1v) is 7.76. The lowest BCUT2D eigenvalue weighted by Crippen LogP contribution is -2.47. The molecule has 0 atom stereocenters. The molecule has 0 saturated carbocycles. The molecular weight excluding hydrogens is 320 g/mol. The summed E-state index contributed by atoms with van der Waals surface area (Å²) in [5, 5.41) is 9.13. The van der Waals surface area contributed by atoms with Crippen LogP contribution in [-0.2, 0) is 0 Å². The Morgan fingerprint density at radius 1 is 1.25 bits per heavy atom. The van der Waals surface area contributed by atoms with Crippen molar-refractivity contribution < 1.29 is 9.90 Å². The Balaban J connectivity index is 2.05. The quantitative estimate of drug-likeness (QED) is 0.915. The molecule has 0 spiro atoms. The number of piperazine rings is 1. The van der Waals surface area contributed by atoms with Gasteiger partial charge in [0.15, 0.2) is 0 Å². The minimum atomic E-state index is -0.883. The van der Waals surface area contributed by atoms with Gasteiger partial charge in [-0.1, -0.05) is 29.8 Å². The van der Waals surface area contributed by atoms with Crippen LogP contribution in [0.3, 0.4) is 0 Å². The molecule has 2 rings (SSSR count). The van der Waals surface area contributed by atoms with Gasteiger partial charge in [-0.25, -0.2) is 4.79 Å². The normalized spacial score (nSPS) is 16.7. The van der Waals surface area contributed by atoms with E-state index in [1.165, 1.54) is 0 Å². The average molecular weight is 341 g/mol. The third-order valence-corrected chi connectivity index (χ3v) is 3.95. The summed E-state index contributed by atoms with van der Waals surface area (Å²) in [4.78, 5) is 15.8. The van der Waals surface area contributed by atoms with Crippen LogP contribution in [0.4, 0.5) is 5.69 Å². The first kappa shape index (κ1) is 15.3. The van der Waals surface area contributed by atoms with E-state index in [1.807, 2.05) is 6.07 Å². The number of nitrogens with zero attached hydrogens (tertiary/aromatic N) is 2. The number of benzene rings is 1. The van der Waals surface area contributed by atoms with Crippen molar-refractivity contribution in [3.05, 3.63) is 28.2 Å². The van der Waals surface area contributed by atoms with E-state index in [9.17, 15) is 4.79 Å². The largest absolute Gasteiger partial charge is 0.478 e. The summed E-state index contributed by atoms with van der Waals surface area (Å²) in [5.74, 6) is -0.197. The molecule has 1 aliphatic rings. The molecule has 1 saturated heterocycles. The van der Waals surface area contributed by atoms with E-state index in [4.69, 9.17) is 5.11 Å². The average Bonchev–Trinajstić information content (AvgIpc) is 2.38. The minimum Gasteiger partial charge on any atom is -0.478 e. The van der Waals surface area contributed by atoms with E-state index in [0.717, 1.165) is 42.9 Å². The van der Waals surface area contributed by atoms with Gasteiger partial charge in [0.25, 0.3) is 0 Å². The molecule has 1 N–H and O–H groups in total. The lowest BCUT2D eigenvalue weighted by molar-refractivity contribution is 0.0697. The third kappa shape index (κ3) is 3.96. The number of hydrogen-bond acceptors (Lipinski definition) is 3. The smallest absolute Gasteiger partial charge is 0.335 e. The van der Waals surface area contributed by atoms with Gasteiger partial charge in [0.1, 0.15) is 0 Å². The zero-order valence-electron chi connectivity index (χ0n) is 12.0. The van der Waals surface area contributed by atoms with Crippen molar-refractivity contribution in [2.24, 2.45) is 5.92 Å². The molecule has 0 bridgehead atoms. The standard InChI is InChI=1S/C15H21BrN2O2/c1-11(2)10-17-3-5-18(6-4-17)14-8-12(15(19)20)7-13(16)9-14/h7-9,11H,3-6,10H2,1-2H3,(H,19,20). The molecule has 1 heterocycles. The molecule has 1 fully saturated rings. The van der Waals surface area contributed by atoms with Crippen LogP contribution in [0.1, 0.15) is 24.2 Å². The third-order valence-electron chi connectivity index (χ3n) is 3.49. The van der Waals surface area contributed by atoms with Gasteiger partial charge in [-0.15, -0.1) is 0 Å². The summed E-state index contributed by atoms with van der Waals surface area (Å²) >= 11 is 3.39. The molecule has 5 heteroatoms. The molecule has 0 amide bonds. The topological polar surface area (TPSA) is 43.8 Å². The van der Waals surface area contributed by atoms with E-state index in [-0.39, 0.29) is 0 Å². The lowest BCUT2D eigenvalue weighted by atomic mass is 10.1. The highest BCUT2D eigenvalue weighted by atomic mass is 79.9. The highest BCUT2D eigenvalue weighted by Crippen LogP contribution is 2.24. The first-order chi connectivity index (χ1) is 9.45. The molecule has 0 aliphatic carbocycles. The second kappa shape index (κ2) is 6.59. The summed E-state index contributed by atoms with van der Waals surface area (Å²) in [6.45, 7) is 9.57. The monoisotopic (exact) mass is 340 g/mol. The van der Waals surface area contributed by atoms with Crippen LogP contribution in [0.25, 0.3) is 0 Å². The predicted octanol–water partition coefficient (Wildman–Crippen LogP) is 2.93. The number of carboxylic acids is 1. The van der Waals surface area contributed by atoms with Gasteiger partial charge in [-0.3, -0.25) is 4.90 Å². The molecule has 1 aliphatic heterocycles. The molecular formula is C15H21BrN2O2.